The molecule has 1 aliphatic heterocycles. The van der Waals surface area contributed by atoms with Gasteiger partial charge in [-0.25, -0.2) is 4.79 Å². The lowest BCUT2D eigenvalue weighted by molar-refractivity contribution is -0.139. The number of carbonyl (C=O) groups is 2. The predicted molar refractivity (Wildman–Crippen MR) is 78.2 cm³/mol. The second-order valence-electron chi connectivity index (χ2n) is 6.32. The Bertz CT molecular complexity index is 380. The smallest absolute Gasteiger partial charge is 0.317 e. The number of aliphatic carboxylic acids is 1. The maximum atomic E-state index is 12.5. The molecule has 6 heteroatoms. The van der Waals surface area contributed by atoms with E-state index in [1.54, 1.807) is 4.90 Å². The first-order chi connectivity index (χ1) is 10.0. The van der Waals surface area contributed by atoms with E-state index in [2.05, 4.69) is 5.32 Å². The zero-order valence-corrected chi connectivity index (χ0v) is 12.8. The van der Waals surface area contributed by atoms with Crippen molar-refractivity contribution in [2.24, 2.45) is 0 Å². The van der Waals surface area contributed by atoms with Crippen LogP contribution >= 0.6 is 0 Å². The van der Waals surface area contributed by atoms with E-state index in [9.17, 15) is 9.59 Å². The van der Waals surface area contributed by atoms with Crippen LogP contribution in [0.15, 0.2) is 0 Å². The monoisotopic (exact) mass is 298 g/mol. The lowest BCUT2D eigenvalue weighted by Gasteiger charge is -2.38. The number of nitrogens with one attached hydrogen (secondary N) is 1. The van der Waals surface area contributed by atoms with Gasteiger partial charge in [-0.2, -0.15) is 0 Å². The van der Waals surface area contributed by atoms with E-state index in [0.29, 0.717) is 19.7 Å². The summed E-state index contributed by atoms with van der Waals surface area (Å²) >= 11 is 0. The maximum absolute atomic E-state index is 12.5. The standard InChI is InChI=1S/C15H26N2O4/c1-12-11-17(8-5-9-21-12)14(20)16-15(10-13(18)19)6-3-2-4-7-15/h12H,2-11H2,1H3,(H,16,20)(H,18,19). The first kappa shape index (κ1) is 16.1. The average molecular weight is 298 g/mol. The highest BCUT2D eigenvalue weighted by Gasteiger charge is 2.37. The van der Waals surface area contributed by atoms with Gasteiger partial charge < -0.3 is 20.1 Å². The summed E-state index contributed by atoms with van der Waals surface area (Å²) in [6, 6.07) is -0.143. The molecule has 0 aromatic carbocycles. The maximum Gasteiger partial charge on any atom is 0.317 e. The number of nitrogens with zero attached hydrogens (tertiary/aromatic N) is 1. The molecule has 0 aromatic rings. The largest absolute Gasteiger partial charge is 0.481 e. The zero-order chi connectivity index (χ0) is 15.3. The number of urea groups is 1. The van der Waals surface area contributed by atoms with Crippen molar-refractivity contribution >= 4 is 12.0 Å². The normalized spacial score (nSPS) is 26.0. The van der Waals surface area contributed by atoms with Crippen molar-refractivity contribution < 1.29 is 19.4 Å². The molecular weight excluding hydrogens is 272 g/mol. The van der Waals surface area contributed by atoms with E-state index in [1.807, 2.05) is 6.92 Å². The van der Waals surface area contributed by atoms with Gasteiger partial charge >= 0.3 is 12.0 Å². The number of ether oxygens (including phenoxy) is 1. The van der Waals surface area contributed by atoms with E-state index in [4.69, 9.17) is 9.84 Å². The van der Waals surface area contributed by atoms with Gasteiger partial charge in [-0.1, -0.05) is 19.3 Å². The molecule has 1 saturated carbocycles. The fourth-order valence-corrected chi connectivity index (χ4v) is 3.35. The van der Waals surface area contributed by atoms with E-state index in [-0.39, 0.29) is 18.6 Å². The van der Waals surface area contributed by atoms with Crippen LogP contribution in [0.4, 0.5) is 4.79 Å². The molecule has 2 amide bonds. The van der Waals surface area contributed by atoms with Gasteiger partial charge in [-0.3, -0.25) is 4.79 Å². The van der Waals surface area contributed by atoms with Crippen molar-refractivity contribution in [2.75, 3.05) is 19.7 Å². The molecule has 2 aliphatic rings. The number of carbonyl (C=O) groups excluding carboxylic acids is 1. The Morgan fingerprint density at radius 2 is 2.00 bits per heavy atom. The molecule has 2 fully saturated rings. The van der Waals surface area contributed by atoms with Crippen molar-refractivity contribution in [1.29, 1.82) is 0 Å². The third kappa shape index (κ3) is 4.59. The quantitative estimate of drug-likeness (QED) is 0.835. The molecule has 2 rings (SSSR count). The molecule has 21 heavy (non-hydrogen) atoms. The van der Waals surface area contributed by atoms with Gasteiger partial charge in [0.2, 0.25) is 0 Å². The molecular formula is C15H26N2O4. The molecule has 0 spiro atoms. The highest BCUT2D eigenvalue weighted by atomic mass is 16.5. The van der Waals surface area contributed by atoms with Crippen molar-refractivity contribution in [3.05, 3.63) is 0 Å². The Hall–Kier alpha value is -1.30. The zero-order valence-electron chi connectivity index (χ0n) is 12.8. The molecule has 0 bridgehead atoms. The molecule has 1 atom stereocenters. The summed E-state index contributed by atoms with van der Waals surface area (Å²) in [5.74, 6) is -0.843. The third-order valence-electron chi connectivity index (χ3n) is 4.41. The number of carboxylic acid groups (broad SMARTS) is 1. The Balaban J connectivity index is 2.01. The molecule has 1 saturated heterocycles. The van der Waals surface area contributed by atoms with Crippen LogP contribution in [-0.2, 0) is 9.53 Å². The van der Waals surface area contributed by atoms with Crippen LogP contribution < -0.4 is 5.32 Å². The summed E-state index contributed by atoms with van der Waals surface area (Å²) < 4.78 is 5.55. The molecule has 2 N–H and O–H groups in total. The van der Waals surface area contributed by atoms with Crippen LogP contribution in [0.2, 0.25) is 0 Å². The Morgan fingerprint density at radius 3 is 2.67 bits per heavy atom. The number of rotatable bonds is 3. The van der Waals surface area contributed by atoms with Crippen LogP contribution in [0.5, 0.6) is 0 Å². The Kier molecular flexibility index (Phi) is 5.45. The van der Waals surface area contributed by atoms with Crippen LogP contribution in [0.25, 0.3) is 0 Å². The highest BCUT2D eigenvalue weighted by Crippen LogP contribution is 2.31. The number of carboxylic acids is 1. The highest BCUT2D eigenvalue weighted by molar-refractivity contribution is 5.77. The summed E-state index contributed by atoms with van der Waals surface area (Å²) in [6.45, 7) is 3.86. The second-order valence-corrected chi connectivity index (χ2v) is 6.32. The Labute approximate surface area is 125 Å². The summed E-state index contributed by atoms with van der Waals surface area (Å²) in [5.41, 5.74) is -0.572. The van der Waals surface area contributed by atoms with E-state index >= 15 is 0 Å². The van der Waals surface area contributed by atoms with Crippen molar-refractivity contribution in [3.8, 4) is 0 Å². The predicted octanol–water partition coefficient (Wildman–Crippen LogP) is 1.98. The molecule has 120 valence electrons. The van der Waals surface area contributed by atoms with Crippen molar-refractivity contribution in [3.63, 3.8) is 0 Å². The minimum absolute atomic E-state index is 0.0125. The SMILES string of the molecule is CC1CN(C(=O)NC2(CC(=O)O)CCCCC2)CCCO1. The van der Waals surface area contributed by atoms with Crippen LogP contribution in [0, 0.1) is 0 Å². The fourth-order valence-electron chi connectivity index (χ4n) is 3.35. The average Bonchev–Trinajstić information content (AvgIpc) is 2.63. The summed E-state index contributed by atoms with van der Waals surface area (Å²) in [5, 5.41) is 12.2. The molecule has 1 heterocycles. The fraction of sp³-hybridized carbons (Fsp3) is 0.867. The first-order valence-electron chi connectivity index (χ1n) is 7.91. The van der Waals surface area contributed by atoms with Gasteiger partial charge in [0, 0.05) is 19.7 Å². The van der Waals surface area contributed by atoms with Crippen LogP contribution in [0.1, 0.15) is 51.9 Å². The van der Waals surface area contributed by atoms with Crippen molar-refractivity contribution in [1.82, 2.24) is 10.2 Å². The van der Waals surface area contributed by atoms with Gasteiger partial charge in [0.05, 0.1) is 18.1 Å². The lowest BCUT2D eigenvalue weighted by Crippen LogP contribution is -2.55. The van der Waals surface area contributed by atoms with E-state index < -0.39 is 11.5 Å². The van der Waals surface area contributed by atoms with Crippen LogP contribution in [-0.4, -0.2) is 53.3 Å². The van der Waals surface area contributed by atoms with Crippen molar-refractivity contribution in [2.45, 2.75) is 63.5 Å². The molecule has 1 aliphatic carbocycles. The number of amides is 2. The minimum Gasteiger partial charge on any atom is -0.481 e. The molecule has 6 nitrogen and oxygen atoms in total. The minimum atomic E-state index is -0.843. The van der Waals surface area contributed by atoms with Gasteiger partial charge in [0.1, 0.15) is 0 Å². The lowest BCUT2D eigenvalue weighted by atomic mass is 9.79. The summed E-state index contributed by atoms with van der Waals surface area (Å²) in [6.07, 6.45) is 5.45. The van der Waals surface area contributed by atoms with E-state index in [1.165, 1.54) is 0 Å². The molecule has 0 aromatic heterocycles. The second kappa shape index (κ2) is 7.11. The number of hydrogen-bond donors (Lipinski definition) is 2. The first-order valence-corrected chi connectivity index (χ1v) is 7.91. The Morgan fingerprint density at radius 1 is 1.29 bits per heavy atom. The number of hydrogen-bond acceptors (Lipinski definition) is 3. The van der Waals surface area contributed by atoms with E-state index in [0.717, 1.165) is 38.5 Å². The van der Waals surface area contributed by atoms with Gasteiger partial charge in [-0.05, 0) is 26.2 Å². The molecule has 1 unspecified atom stereocenters. The topological polar surface area (TPSA) is 78.9 Å². The third-order valence-corrected chi connectivity index (χ3v) is 4.41. The van der Waals surface area contributed by atoms with Gasteiger partial charge in [0.25, 0.3) is 0 Å². The van der Waals surface area contributed by atoms with Gasteiger partial charge in [0.15, 0.2) is 0 Å². The molecule has 0 radical (unpaired) electrons. The summed E-state index contributed by atoms with van der Waals surface area (Å²) in [4.78, 5) is 25.4. The van der Waals surface area contributed by atoms with Gasteiger partial charge in [-0.15, -0.1) is 0 Å². The summed E-state index contributed by atoms with van der Waals surface area (Å²) in [7, 11) is 0. The van der Waals surface area contributed by atoms with Crippen LogP contribution in [0.3, 0.4) is 0 Å².